The third-order valence-corrected chi connectivity index (χ3v) is 3.53. The first-order valence-corrected chi connectivity index (χ1v) is 6.88. The maximum atomic E-state index is 3.42. The Balaban J connectivity index is 1.96. The minimum Gasteiger partial charge on any atom is -0.314 e. The lowest BCUT2D eigenvalue weighted by Crippen LogP contribution is -2.45. The lowest BCUT2D eigenvalue weighted by atomic mass is 9.96. The first-order valence-electron chi connectivity index (χ1n) is 6.88. The molecule has 1 saturated heterocycles. The molecule has 0 amide bonds. The van der Waals surface area contributed by atoms with Crippen molar-refractivity contribution in [1.82, 2.24) is 10.2 Å². The van der Waals surface area contributed by atoms with E-state index in [1.807, 2.05) is 0 Å². The molecule has 1 N–H and O–H groups in total. The van der Waals surface area contributed by atoms with Gasteiger partial charge in [-0.1, -0.05) is 60.7 Å². The Bertz CT molecular complexity index is 450. The second-order valence-corrected chi connectivity index (χ2v) is 4.82. The first-order chi connectivity index (χ1) is 9.45. The fourth-order valence-corrected chi connectivity index (χ4v) is 2.61. The Labute approximate surface area is 115 Å². The Hall–Kier alpha value is -1.64. The van der Waals surface area contributed by atoms with Crippen LogP contribution in [0, 0.1) is 6.04 Å². The molecular weight excluding hydrogens is 232 g/mol. The maximum absolute atomic E-state index is 3.42. The summed E-state index contributed by atoms with van der Waals surface area (Å²) in [5, 5.41) is 3.42. The van der Waals surface area contributed by atoms with Crippen LogP contribution in [-0.2, 0) is 0 Å². The molecule has 1 radical (unpaired) electrons. The SMILES string of the molecule is c1ccc([C](c2ccccc2)N2CCNCC2)cc1. The van der Waals surface area contributed by atoms with Crippen LogP contribution in [0.15, 0.2) is 60.7 Å². The van der Waals surface area contributed by atoms with E-state index < -0.39 is 0 Å². The standard InChI is InChI=1S/C17H19N2/c1-3-7-15(8-4-1)17(16-9-5-2-6-10-16)19-13-11-18-12-14-19/h1-10,18H,11-14H2. The predicted molar refractivity (Wildman–Crippen MR) is 78.8 cm³/mol. The van der Waals surface area contributed by atoms with E-state index in [2.05, 4.69) is 70.9 Å². The summed E-state index contributed by atoms with van der Waals surface area (Å²) in [4.78, 5) is 2.49. The van der Waals surface area contributed by atoms with Crippen LogP contribution in [-0.4, -0.2) is 31.1 Å². The van der Waals surface area contributed by atoms with Crippen LogP contribution in [0.1, 0.15) is 11.1 Å². The highest BCUT2D eigenvalue weighted by molar-refractivity contribution is 5.44. The monoisotopic (exact) mass is 251 g/mol. The van der Waals surface area contributed by atoms with Crippen molar-refractivity contribution in [3.63, 3.8) is 0 Å². The summed E-state index contributed by atoms with van der Waals surface area (Å²) < 4.78 is 0. The molecule has 0 saturated carbocycles. The molecule has 2 aromatic carbocycles. The number of hydrogen-bond acceptors (Lipinski definition) is 2. The van der Waals surface area contributed by atoms with Crippen LogP contribution < -0.4 is 5.32 Å². The van der Waals surface area contributed by atoms with E-state index in [0.717, 1.165) is 26.2 Å². The van der Waals surface area contributed by atoms with Gasteiger partial charge in [0.2, 0.25) is 0 Å². The summed E-state index contributed by atoms with van der Waals surface area (Å²) >= 11 is 0. The first kappa shape index (κ1) is 12.4. The number of rotatable bonds is 3. The van der Waals surface area contributed by atoms with Crippen molar-refractivity contribution < 1.29 is 0 Å². The zero-order valence-electron chi connectivity index (χ0n) is 11.0. The summed E-state index contributed by atoms with van der Waals surface area (Å²) in [5.41, 5.74) is 2.60. The zero-order chi connectivity index (χ0) is 12.9. The third kappa shape index (κ3) is 2.86. The summed E-state index contributed by atoms with van der Waals surface area (Å²) in [6.45, 7) is 4.25. The summed E-state index contributed by atoms with van der Waals surface area (Å²) in [7, 11) is 0. The molecule has 0 spiro atoms. The highest BCUT2D eigenvalue weighted by Gasteiger charge is 2.24. The van der Waals surface area contributed by atoms with Crippen molar-refractivity contribution in [2.24, 2.45) is 0 Å². The van der Waals surface area contributed by atoms with Gasteiger partial charge in [-0.25, -0.2) is 0 Å². The Morgan fingerprint density at radius 1 is 0.737 bits per heavy atom. The maximum Gasteiger partial charge on any atom is 0.0988 e. The van der Waals surface area contributed by atoms with Gasteiger partial charge in [-0.3, -0.25) is 4.90 Å². The summed E-state index contributed by atoms with van der Waals surface area (Å²) in [6, 6.07) is 22.7. The van der Waals surface area contributed by atoms with E-state index in [-0.39, 0.29) is 0 Å². The van der Waals surface area contributed by atoms with E-state index in [1.165, 1.54) is 17.2 Å². The van der Waals surface area contributed by atoms with Gasteiger partial charge < -0.3 is 5.32 Å². The molecule has 1 aliphatic rings. The van der Waals surface area contributed by atoms with Crippen molar-refractivity contribution in [2.75, 3.05) is 26.2 Å². The van der Waals surface area contributed by atoms with Crippen LogP contribution in [0.4, 0.5) is 0 Å². The zero-order valence-corrected chi connectivity index (χ0v) is 11.0. The fourth-order valence-electron chi connectivity index (χ4n) is 2.61. The second-order valence-electron chi connectivity index (χ2n) is 4.82. The van der Waals surface area contributed by atoms with E-state index in [4.69, 9.17) is 0 Å². The molecule has 19 heavy (non-hydrogen) atoms. The molecule has 0 aliphatic carbocycles. The van der Waals surface area contributed by atoms with Crippen molar-refractivity contribution in [2.45, 2.75) is 0 Å². The average molecular weight is 251 g/mol. The molecule has 3 rings (SSSR count). The van der Waals surface area contributed by atoms with Gasteiger partial charge in [0.05, 0.1) is 6.04 Å². The van der Waals surface area contributed by atoms with Gasteiger partial charge in [0.25, 0.3) is 0 Å². The van der Waals surface area contributed by atoms with Gasteiger partial charge in [0.1, 0.15) is 0 Å². The molecule has 2 aromatic rings. The van der Waals surface area contributed by atoms with Crippen LogP contribution in [0.3, 0.4) is 0 Å². The lowest BCUT2D eigenvalue weighted by molar-refractivity contribution is 0.273. The predicted octanol–water partition coefficient (Wildman–Crippen LogP) is 2.52. The molecule has 2 heteroatoms. The van der Waals surface area contributed by atoms with Gasteiger partial charge in [-0.15, -0.1) is 0 Å². The number of benzene rings is 2. The van der Waals surface area contributed by atoms with Gasteiger partial charge in [-0.05, 0) is 11.1 Å². The van der Waals surface area contributed by atoms with Crippen molar-refractivity contribution >= 4 is 0 Å². The highest BCUT2D eigenvalue weighted by atomic mass is 15.2. The number of nitrogens with zero attached hydrogens (tertiary/aromatic N) is 1. The average Bonchev–Trinajstić information content (AvgIpc) is 2.51. The Morgan fingerprint density at radius 2 is 1.21 bits per heavy atom. The van der Waals surface area contributed by atoms with Gasteiger partial charge in [0.15, 0.2) is 0 Å². The van der Waals surface area contributed by atoms with Crippen molar-refractivity contribution in [3.8, 4) is 0 Å². The number of nitrogens with one attached hydrogen (secondary N) is 1. The fraction of sp³-hybridized carbons (Fsp3) is 0.235. The van der Waals surface area contributed by atoms with E-state index >= 15 is 0 Å². The third-order valence-electron chi connectivity index (χ3n) is 3.53. The normalized spacial score (nSPS) is 16.7. The summed E-state index contributed by atoms with van der Waals surface area (Å²) in [5.74, 6) is 0. The number of piperazine rings is 1. The molecule has 0 bridgehead atoms. The molecule has 0 aromatic heterocycles. The number of hydrogen-bond donors (Lipinski definition) is 1. The van der Waals surface area contributed by atoms with Gasteiger partial charge >= 0.3 is 0 Å². The van der Waals surface area contributed by atoms with Crippen molar-refractivity contribution in [1.29, 1.82) is 0 Å². The van der Waals surface area contributed by atoms with Crippen LogP contribution in [0.25, 0.3) is 0 Å². The topological polar surface area (TPSA) is 15.3 Å². The van der Waals surface area contributed by atoms with Crippen molar-refractivity contribution in [3.05, 3.63) is 77.8 Å². The largest absolute Gasteiger partial charge is 0.314 e. The highest BCUT2D eigenvalue weighted by Crippen LogP contribution is 2.27. The van der Waals surface area contributed by atoms with E-state index in [0.29, 0.717) is 0 Å². The van der Waals surface area contributed by atoms with Gasteiger partial charge in [0, 0.05) is 26.2 Å². The van der Waals surface area contributed by atoms with Gasteiger partial charge in [-0.2, -0.15) is 0 Å². The molecule has 97 valence electrons. The minimum absolute atomic E-state index is 1.06. The smallest absolute Gasteiger partial charge is 0.0988 e. The summed E-state index contributed by atoms with van der Waals surface area (Å²) in [6.07, 6.45) is 0. The molecule has 1 aliphatic heterocycles. The molecule has 2 nitrogen and oxygen atoms in total. The second kappa shape index (κ2) is 6.00. The minimum atomic E-state index is 1.06. The van der Waals surface area contributed by atoms with Crippen LogP contribution in [0.2, 0.25) is 0 Å². The van der Waals surface area contributed by atoms with Crippen LogP contribution in [0.5, 0.6) is 0 Å². The molecule has 1 fully saturated rings. The quantitative estimate of drug-likeness (QED) is 0.901. The molecular formula is C17H19N2. The Morgan fingerprint density at radius 3 is 1.68 bits per heavy atom. The molecule has 0 atom stereocenters. The molecule has 1 heterocycles. The van der Waals surface area contributed by atoms with Crippen LogP contribution >= 0.6 is 0 Å². The lowest BCUT2D eigenvalue weighted by Gasteiger charge is -2.34. The Kier molecular flexibility index (Phi) is 3.92. The molecule has 0 unspecified atom stereocenters. The van der Waals surface area contributed by atoms with E-state index in [1.54, 1.807) is 0 Å². The van der Waals surface area contributed by atoms with E-state index in [9.17, 15) is 0 Å².